The van der Waals surface area contributed by atoms with Crippen molar-refractivity contribution in [3.05, 3.63) is 35.7 Å². The van der Waals surface area contributed by atoms with Gasteiger partial charge >= 0.3 is 0 Å². The zero-order valence-corrected chi connectivity index (χ0v) is 7.83. The van der Waals surface area contributed by atoms with Gasteiger partial charge in [0.25, 0.3) is 0 Å². The van der Waals surface area contributed by atoms with Crippen molar-refractivity contribution in [3.8, 4) is 0 Å². The monoisotopic (exact) mass is 172 g/mol. The first kappa shape index (κ1) is 8.05. The number of aromatic nitrogens is 1. The van der Waals surface area contributed by atoms with Crippen molar-refractivity contribution in [2.45, 2.75) is 13.8 Å². The second kappa shape index (κ2) is 2.73. The van der Waals surface area contributed by atoms with Gasteiger partial charge in [0, 0.05) is 28.9 Å². The Bertz CT molecular complexity index is 461. The van der Waals surface area contributed by atoms with Crippen LogP contribution in [-0.2, 0) is 0 Å². The van der Waals surface area contributed by atoms with Gasteiger partial charge in [-0.15, -0.1) is 0 Å². The van der Waals surface area contributed by atoms with Gasteiger partial charge in [0.1, 0.15) is 0 Å². The first-order chi connectivity index (χ1) is 6.20. The third-order valence-electron chi connectivity index (χ3n) is 2.39. The van der Waals surface area contributed by atoms with E-state index >= 15 is 0 Å². The van der Waals surface area contributed by atoms with Gasteiger partial charge in [-0.2, -0.15) is 0 Å². The molecule has 1 heterocycles. The van der Waals surface area contributed by atoms with Gasteiger partial charge in [-0.25, -0.2) is 0 Å². The standard InChI is InChI=1S/C11H12N2/c1-7-5-8(2)11(12)9-3-4-13-6-10(7)9/h3-6H,12H2,1-2H3. The Morgan fingerprint density at radius 1 is 1.15 bits per heavy atom. The molecule has 0 radical (unpaired) electrons. The Hall–Kier alpha value is -1.57. The fraction of sp³-hybridized carbons (Fsp3) is 0.182. The van der Waals surface area contributed by atoms with Crippen LogP contribution in [0.4, 0.5) is 5.69 Å². The molecule has 2 N–H and O–H groups in total. The molecular weight excluding hydrogens is 160 g/mol. The van der Waals surface area contributed by atoms with Crippen molar-refractivity contribution >= 4 is 16.5 Å². The topological polar surface area (TPSA) is 38.9 Å². The van der Waals surface area contributed by atoms with Crippen LogP contribution in [0.1, 0.15) is 11.1 Å². The molecule has 2 nitrogen and oxygen atoms in total. The fourth-order valence-electron chi connectivity index (χ4n) is 1.64. The van der Waals surface area contributed by atoms with E-state index in [4.69, 9.17) is 5.73 Å². The zero-order valence-electron chi connectivity index (χ0n) is 7.83. The van der Waals surface area contributed by atoms with Gasteiger partial charge in [0.15, 0.2) is 0 Å². The van der Waals surface area contributed by atoms with Crippen LogP contribution >= 0.6 is 0 Å². The second-order valence-corrected chi connectivity index (χ2v) is 3.35. The first-order valence-corrected chi connectivity index (χ1v) is 4.29. The van der Waals surface area contributed by atoms with Crippen LogP contribution in [0.15, 0.2) is 24.5 Å². The van der Waals surface area contributed by atoms with E-state index in [0.29, 0.717) is 0 Å². The normalized spacial score (nSPS) is 10.6. The number of hydrogen-bond donors (Lipinski definition) is 1. The molecule has 0 spiro atoms. The number of anilines is 1. The quantitative estimate of drug-likeness (QED) is 0.620. The highest BCUT2D eigenvalue weighted by molar-refractivity contribution is 5.95. The van der Waals surface area contributed by atoms with Crippen LogP contribution in [0.5, 0.6) is 0 Å². The van der Waals surface area contributed by atoms with Crippen molar-refractivity contribution < 1.29 is 0 Å². The van der Waals surface area contributed by atoms with E-state index in [0.717, 1.165) is 22.0 Å². The minimum absolute atomic E-state index is 0.864. The lowest BCUT2D eigenvalue weighted by atomic mass is 10.0. The lowest BCUT2D eigenvalue weighted by molar-refractivity contribution is 1.34. The summed E-state index contributed by atoms with van der Waals surface area (Å²) in [5.74, 6) is 0. The minimum atomic E-state index is 0.864. The van der Waals surface area contributed by atoms with Crippen molar-refractivity contribution in [2.24, 2.45) is 0 Å². The van der Waals surface area contributed by atoms with Crippen molar-refractivity contribution in [1.82, 2.24) is 4.98 Å². The molecule has 66 valence electrons. The van der Waals surface area contributed by atoms with Crippen molar-refractivity contribution in [3.63, 3.8) is 0 Å². The maximum Gasteiger partial charge on any atom is 0.0424 e. The molecule has 1 aromatic carbocycles. The number of pyridine rings is 1. The number of aryl methyl sites for hydroxylation is 2. The number of fused-ring (bicyclic) bond motifs is 1. The van der Waals surface area contributed by atoms with E-state index in [2.05, 4.69) is 18.0 Å². The molecular formula is C11H12N2. The van der Waals surface area contributed by atoms with E-state index < -0.39 is 0 Å². The SMILES string of the molecule is Cc1cc(C)c2cnccc2c1N. The van der Waals surface area contributed by atoms with Gasteiger partial charge < -0.3 is 5.73 Å². The Kier molecular flexibility index (Phi) is 1.69. The largest absolute Gasteiger partial charge is 0.398 e. The lowest BCUT2D eigenvalue weighted by Crippen LogP contribution is -1.93. The molecule has 0 aliphatic carbocycles. The molecule has 0 aliphatic heterocycles. The third kappa shape index (κ3) is 1.15. The predicted octanol–water partition coefficient (Wildman–Crippen LogP) is 2.43. The highest BCUT2D eigenvalue weighted by Crippen LogP contribution is 2.26. The summed E-state index contributed by atoms with van der Waals surface area (Å²) in [5, 5.41) is 2.25. The van der Waals surface area contributed by atoms with Crippen LogP contribution in [-0.4, -0.2) is 4.98 Å². The van der Waals surface area contributed by atoms with E-state index in [1.807, 2.05) is 19.2 Å². The van der Waals surface area contributed by atoms with Gasteiger partial charge in [-0.1, -0.05) is 6.07 Å². The molecule has 0 bridgehead atoms. The molecule has 2 heteroatoms. The highest BCUT2D eigenvalue weighted by atomic mass is 14.6. The van der Waals surface area contributed by atoms with E-state index in [1.165, 1.54) is 5.56 Å². The summed E-state index contributed by atoms with van der Waals surface area (Å²) in [7, 11) is 0. The molecule has 0 atom stereocenters. The number of benzene rings is 1. The van der Waals surface area contributed by atoms with Gasteiger partial charge in [-0.3, -0.25) is 4.98 Å². The summed E-state index contributed by atoms with van der Waals surface area (Å²) in [6, 6.07) is 4.06. The average molecular weight is 172 g/mol. The highest BCUT2D eigenvalue weighted by Gasteiger charge is 2.03. The van der Waals surface area contributed by atoms with Crippen molar-refractivity contribution in [1.29, 1.82) is 0 Å². The van der Waals surface area contributed by atoms with E-state index in [9.17, 15) is 0 Å². The number of nitrogens with zero attached hydrogens (tertiary/aromatic N) is 1. The van der Waals surface area contributed by atoms with Crippen LogP contribution in [0, 0.1) is 13.8 Å². The molecule has 2 aromatic rings. The van der Waals surface area contributed by atoms with Crippen LogP contribution < -0.4 is 5.73 Å². The molecule has 0 saturated carbocycles. The minimum Gasteiger partial charge on any atom is -0.398 e. The van der Waals surface area contributed by atoms with Crippen LogP contribution in [0.25, 0.3) is 10.8 Å². The van der Waals surface area contributed by atoms with Gasteiger partial charge in [-0.05, 0) is 31.0 Å². The van der Waals surface area contributed by atoms with Gasteiger partial charge in [0.05, 0.1) is 0 Å². The second-order valence-electron chi connectivity index (χ2n) is 3.35. The summed E-state index contributed by atoms with van der Waals surface area (Å²) in [6.45, 7) is 4.11. The molecule has 1 aromatic heterocycles. The predicted molar refractivity (Wildman–Crippen MR) is 55.6 cm³/mol. The molecule has 13 heavy (non-hydrogen) atoms. The molecule has 0 saturated heterocycles. The van der Waals surface area contributed by atoms with Crippen LogP contribution in [0.3, 0.4) is 0 Å². The summed E-state index contributed by atoms with van der Waals surface area (Å²) < 4.78 is 0. The zero-order chi connectivity index (χ0) is 9.42. The first-order valence-electron chi connectivity index (χ1n) is 4.29. The Labute approximate surface area is 77.4 Å². The Balaban J connectivity index is 2.97. The molecule has 2 rings (SSSR count). The summed E-state index contributed by atoms with van der Waals surface area (Å²) in [5.41, 5.74) is 9.19. The molecule has 0 amide bonds. The third-order valence-corrected chi connectivity index (χ3v) is 2.39. The van der Waals surface area contributed by atoms with Gasteiger partial charge in [0.2, 0.25) is 0 Å². The summed E-state index contributed by atoms with van der Waals surface area (Å²) in [6.07, 6.45) is 3.64. The van der Waals surface area contributed by atoms with Crippen LogP contribution in [0.2, 0.25) is 0 Å². The smallest absolute Gasteiger partial charge is 0.0424 e. The number of hydrogen-bond acceptors (Lipinski definition) is 2. The van der Waals surface area contributed by atoms with E-state index in [-0.39, 0.29) is 0 Å². The van der Waals surface area contributed by atoms with E-state index in [1.54, 1.807) is 6.20 Å². The summed E-state index contributed by atoms with van der Waals surface area (Å²) >= 11 is 0. The Morgan fingerprint density at radius 3 is 2.69 bits per heavy atom. The van der Waals surface area contributed by atoms with Crippen molar-refractivity contribution in [2.75, 3.05) is 5.73 Å². The number of nitrogens with two attached hydrogens (primary N) is 1. The molecule has 0 fully saturated rings. The number of nitrogen functional groups attached to an aromatic ring is 1. The maximum absolute atomic E-state index is 5.96. The Morgan fingerprint density at radius 2 is 1.92 bits per heavy atom. The lowest BCUT2D eigenvalue weighted by Gasteiger charge is -2.07. The summed E-state index contributed by atoms with van der Waals surface area (Å²) in [4.78, 5) is 4.09. The number of rotatable bonds is 0. The maximum atomic E-state index is 5.96. The fourth-order valence-corrected chi connectivity index (χ4v) is 1.64. The average Bonchev–Trinajstić information content (AvgIpc) is 2.15. The molecule has 0 aliphatic rings. The molecule has 0 unspecified atom stereocenters.